The van der Waals surface area contributed by atoms with E-state index in [1.807, 2.05) is 29.2 Å². The summed E-state index contributed by atoms with van der Waals surface area (Å²) in [5, 5.41) is 0. The number of oxazole rings is 1. The van der Waals surface area contributed by atoms with Crippen molar-refractivity contribution in [3.63, 3.8) is 0 Å². The van der Waals surface area contributed by atoms with Crippen LogP contribution < -0.4 is 0 Å². The molecule has 1 amide bonds. The van der Waals surface area contributed by atoms with E-state index in [2.05, 4.69) is 15.0 Å². The van der Waals surface area contributed by atoms with Gasteiger partial charge in [0.05, 0.1) is 12.1 Å². The van der Waals surface area contributed by atoms with Gasteiger partial charge in [0.2, 0.25) is 0 Å². The minimum atomic E-state index is -0.0843. The van der Waals surface area contributed by atoms with Crippen molar-refractivity contribution >= 4 is 17.0 Å². The summed E-state index contributed by atoms with van der Waals surface area (Å²) in [6, 6.07) is 7.73. The Bertz CT molecular complexity index is 798. The van der Waals surface area contributed by atoms with Gasteiger partial charge in [-0.3, -0.25) is 9.78 Å². The summed E-state index contributed by atoms with van der Waals surface area (Å²) in [6.45, 7) is 1.33. The average Bonchev–Trinajstić information content (AvgIpc) is 3.06. The molecule has 1 aliphatic rings. The van der Waals surface area contributed by atoms with Gasteiger partial charge < -0.3 is 9.32 Å². The van der Waals surface area contributed by atoms with E-state index in [-0.39, 0.29) is 11.8 Å². The number of rotatable bonds is 2. The van der Waals surface area contributed by atoms with Gasteiger partial charge in [-0.2, -0.15) is 0 Å². The van der Waals surface area contributed by atoms with Gasteiger partial charge in [0, 0.05) is 25.5 Å². The number of amides is 1. The summed E-state index contributed by atoms with van der Waals surface area (Å²) in [5.74, 6) is 0.749. The number of fused-ring (bicyclic) bond motifs is 1. The molecule has 116 valence electrons. The fourth-order valence-electron chi connectivity index (χ4n) is 3.00. The molecular weight excluding hydrogens is 292 g/mol. The topological polar surface area (TPSA) is 72.1 Å². The molecule has 6 nitrogen and oxygen atoms in total. The van der Waals surface area contributed by atoms with Crippen LogP contribution in [0.1, 0.15) is 35.1 Å². The first-order valence-electron chi connectivity index (χ1n) is 7.72. The van der Waals surface area contributed by atoms with Gasteiger partial charge in [-0.05, 0) is 25.0 Å². The molecule has 1 atom stereocenters. The van der Waals surface area contributed by atoms with Crippen molar-refractivity contribution in [3.8, 4) is 0 Å². The monoisotopic (exact) mass is 308 g/mol. The Labute approximate surface area is 133 Å². The summed E-state index contributed by atoms with van der Waals surface area (Å²) in [6.07, 6.45) is 6.50. The molecule has 0 bridgehead atoms. The average molecular weight is 308 g/mol. The van der Waals surface area contributed by atoms with E-state index in [4.69, 9.17) is 4.42 Å². The number of likely N-dealkylation sites (tertiary alicyclic amines) is 1. The predicted octanol–water partition coefficient (Wildman–Crippen LogP) is 2.64. The number of aromatic nitrogens is 3. The van der Waals surface area contributed by atoms with Gasteiger partial charge in [0.25, 0.3) is 5.91 Å². The Hall–Kier alpha value is -2.76. The molecule has 6 heteroatoms. The van der Waals surface area contributed by atoms with Crippen LogP contribution in [0.5, 0.6) is 0 Å². The van der Waals surface area contributed by atoms with Gasteiger partial charge in [-0.15, -0.1) is 0 Å². The van der Waals surface area contributed by atoms with E-state index in [0.29, 0.717) is 18.1 Å². The normalized spacial score (nSPS) is 18.3. The van der Waals surface area contributed by atoms with Crippen molar-refractivity contribution in [3.05, 3.63) is 54.4 Å². The largest absolute Gasteiger partial charge is 0.440 e. The molecule has 1 unspecified atom stereocenters. The Morgan fingerprint density at radius 3 is 3.00 bits per heavy atom. The van der Waals surface area contributed by atoms with Crippen LogP contribution in [-0.4, -0.2) is 38.8 Å². The molecule has 0 aliphatic carbocycles. The number of nitrogens with zero attached hydrogens (tertiary/aromatic N) is 4. The SMILES string of the molecule is O=C(c1cnccn1)N1CCCC(c2nc3ccccc3o2)C1. The second kappa shape index (κ2) is 5.79. The van der Waals surface area contributed by atoms with E-state index in [9.17, 15) is 4.79 Å². The van der Waals surface area contributed by atoms with Crippen LogP contribution in [0.15, 0.2) is 47.3 Å². The molecule has 1 fully saturated rings. The summed E-state index contributed by atoms with van der Waals surface area (Å²) in [5.41, 5.74) is 2.03. The molecule has 1 aliphatic heterocycles. The van der Waals surface area contributed by atoms with Gasteiger partial charge >= 0.3 is 0 Å². The standard InChI is InChI=1S/C17H16N4O2/c22-17(14-10-18-7-8-19-14)21-9-3-4-12(11-21)16-20-13-5-1-2-6-15(13)23-16/h1-2,5-8,10,12H,3-4,9,11H2. The molecule has 0 saturated carbocycles. The zero-order valence-corrected chi connectivity index (χ0v) is 12.6. The van der Waals surface area contributed by atoms with E-state index in [1.165, 1.54) is 12.4 Å². The highest BCUT2D eigenvalue weighted by molar-refractivity contribution is 5.92. The molecule has 4 rings (SSSR count). The summed E-state index contributed by atoms with van der Waals surface area (Å²) in [4.78, 5) is 27.0. The molecule has 0 spiro atoms. The summed E-state index contributed by atoms with van der Waals surface area (Å²) < 4.78 is 5.86. The fraction of sp³-hybridized carbons (Fsp3) is 0.294. The van der Waals surface area contributed by atoms with Crippen LogP contribution in [-0.2, 0) is 0 Å². The van der Waals surface area contributed by atoms with Crippen LogP contribution in [0.4, 0.5) is 0 Å². The smallest absolute Gasteiger partial charge is 0.274 e. The number of para-hydroxylation sites is 2. The zero-order chi connectivity index (χ0) is 15.6. The van der Waals surface area contributed by atoms with Crippen molar-refractivity contribution in [1.82, 2.24) is 19.9 Å². The molecule has 3 heterocycles. The molecule has 1 saturated heterocycles. The molecule has 3 aromatic rings. The van der Waals surface area contributed by atoms with Crippen molar-refractivity contribution in [2.45, 2.75) is 18.8 Å². The third kappa shape index (κ3) is 2.67. The molecule has 2 aromatic heterocycles. The number of hydrogen-bond donors (Lipinski definition) is 0. The zero-order valence-electron chi connectivity index (χ0n) is 12.6. The third-order valence-corrected chi connectivity index (χ3v) is 4.15. The number of carbonyl (C=O) groups excluding carboxylic acids is 1. The van der Waals surface area contributed by atoms with E-state index >= 15 is 0 Å². The van der Waals surface area contributed by atoms with Crippen molar-refractivity contribution in [2.24, 2.45) is 0 Å². The first-order chi connectivity index (χ1) is 11.3. The van der Waals surface area contributed by atoms with E-state index in [0.717, 1.165) is 30.5 Å². The van der Waals surface area contributed by atoms with Crippen LogP contribution in [0, 0.1) is 0 Å². The van der Waals surface area contributed by atoms with Crippen LogP contribution in [0.2, 0.25) is 0 Å². The second-order valence-corrected chi connectivity index (χ2v) is 5.70. The molecular formula is C17H16N4O2. The van der Waals surface area contributed by atoms with Crippen LogP contribution in [0.25, 0.3) is 11.1 Å². The van der Waals surface area contributed by atoms with Crippen molar-refractivity contribution < 1.29 is 9.21 Å². The highest BCUT2D eigenvalue weighted by Crippen LogP contribution is 2.29. The maximum absolute atomic E-state index is 12.5. The quantitative estimate of drug-likeness (QED) is 0.727. The van der Waals surface area contributed by atoms with E-state index in [1.54, 1.807) is 6.20 Å². The van der Waals surface area contributed by atoms with Crippen LogP contribution >= 0.6 is 0 Å². The Kier molecular flexibility index (Phi) is 3.49. The van der Waals surface area contributed by atoms with Crippen molar-refractivity contribution in [1.29, 1.82) is 0 Å². The first-order valence-corrected chi connectivity index (χ1v) is 7.72. The summed E-state index contributed by atoms with van der Waals surface area (Å²) in [7, 11) is 0. The lowest BCUT2D eigenvalue weighted by Gasteiger charge is -2.30. The first kappa shape index (κ1) is 13.9. The number of piperidine rings is 1. The lowest BCUT2D eigenvalue weighted by Crippen LogP contribution is -2.39. The lowest BCUT2D eigenvalue weighted by atomic mass is 9.98. The number of benzene rings is 1. The molecule has 0 radical (unpaired) electrons. The maximum Gasteiger partial charge on any atom is 0.274 e. The highest BCUT2D eigenvalue weighted by Gasteiger charge is 2.29. The van der Waals surface area contributed by atoms with Gasteiger partial charge in [-0.25, -0.2) is 9.97 Å². The second-order valence-electron chi connectivity index (χ2n) is 5.70. The Morgan fingerprint density at radius 1 is 1.26 bits per heavy atom. The van der Waals surface area contributed by atoms with Gasteiger partial charge in [0.1, 0.15) is 11.2 Å². The maximum atomic E-state index is 12.5. The Balaban J connectivity index is 1.56. The Morgan fingerprint density at radius 2 is 2.17 bits per heavy atom. The molecule has 1 aromatic carbocycles. The number of hydrogen-bond acceptors (Lipinski definition) is 5. The lowest BCUT2D eigenvalue weighted by molar-refractivity contribution is 0.0692. The fourth-order valence-corrected chi connectivity index (χ4v) is 3.00. The molecule has 0 N–H and O–H groups in total. The van der Waals surface area contributed by atoms with Gasteiger partial charge in [0.15, 0.2) is 11.5 Å². The number of carbonyl (C=O) groups is 1. The minimum absolute atomic E-state index is 0.0843. The molecule has 23 heavy (non-hydrogen) atoms. The summed E-state index contributed by atoms with van der Waals surface area (Å²) >= 11 is 0. The van der Waals surface area contributed by atoms with Crippen LogP contribution in [0.3, 0.4) is 0 Å². The minimum Gasteiger partial charge on any atom is -0.440 e. The van der Waals surface area contributed by atoms with E-state index < -0.39 is 0 Å². The third-order valence-electron chi connectivity index (χ3n) is 4.15. The highest BCUT2D eigenvalue weighted by atomic mass is 16.3. The predicted molar refractivity (Wildman–Crippen MR) is 83.9 cm³/mol. The van der Waals surface area contributed by atoms with Crippen molar-refractivity contribution in [2.75, 3.05) is 13.1 Å². The van der Waals surface area contributed by atoms with Gasteiger partial charge in [-0.1, -0.05) is 12.1 Å².